The monoisotopic (exact) mass is 303 g/mol. The van der Waals surface area contributed by atoms with Crippen molar-refractivity contribution in [3.63, 3.8) is 0 Å². The largest absolute Gasteiger partial charge is 0.210 e. The Morgan fingerprint density at radius 3 is 1.68 bits per heavy atom. The molecule has 108 valence electrons. The van der Waals surface area contributed by atoms with E-state index in [9.17, 15) is 0 Å². The molecule has 3 aromatic rings. The van der Waals surface area contributed by atoms with E-state index in [-0.39, 0.29) is 0 Å². The maximum atomic E-state index is 4.80. The first-order valence-corrected chi connectivity index (χ1v) is 8.03. The molecule has 0 heterocycles. The van der Waals surface area contributed by atoms with Gasteiger partial charge in [-0.1, -0.05) is 78.4 Å². The molecule has 2 heteroatoms. The number of nitrogens with zero attached hydrogens (tertiary/aromatic N) is 1. The van der Waals surface area contributed by atoms with Crippen molar-refractivity contribution in [1.29, 1.82) is 0 Å². The van der Waals surface area contributed by atoms with Crippen LogP contribution in [0.15, 0.2) is 94.2 Å². The van der Waals surface area contributed by atoms with E-state index in [0.29, 0.717) is 0 Å². The van der Waals surface area contributed by atoms with Gasteiger partial charge < -0.3 is 0 Å². The molecule has 0 atom stereocenters. The SMILES string of the molecule is Cc1ccc(SN=C(c2ccccc2)c2ccccc2)cc1. The first-order chi connectivity index (χ1) is 10.8. The van der Waals surface area contributed by atoms with Crippen LogP contribution in [0.4, 0.5) is 0 Å². The molecule has 0 fully saturated rings. The van der Waals surface area contributed by atoms with Crippen LogP contribution in [0.2, 0.25) is 0 Å². The summed E-state index contributed by atoms with van der Waals surface area (Å²) in [5, 5.41) is 0. The topological polar surface area (TPSA) is 12.4 Å². The third-order valence-electron chi connectivity index (χ3n) is 3.36. The highest BCUT2D eigenvalue weighted by molar-refractivity contribution is 7.98. The van der Waals surface area contributed by atoms with Crippen molar-refractivity contribution >= 4 is 17.7 Å². The minimum absolute atomic E-state index is 1.01. The molecule has 0 radical (unpaired) electrons. The van der Waals surface area contributed by atoms with Gasteiger partial charge in [-0.15, -0.1) is 0 Å². The molecule has 0 amide bonds. The van der Waals surface area contributed by atoms with Crippen molar-refractivity contribution in [2.24, 2.45) is 4.40 Å². The van der Waals surface area contributed by atoms with Gasteiger partial charge in [0.15, 0.2) is 0 Å². The van der Waals surface area contributed by atoms with E-state index in [2.05, 4.69) is 55.5 Å². The van der Waals surface area contributed by atoms with Gasteiger partial charge in [0.1, 0.15) is 0 Å². The predicted octanol–water partition coefficient (Wildman–Crippen LogP) is 5.54. The van der Waals surface area contributed by atoms with Gasteiger partial charge in [0.05, 0.1) is 5.71 Å². The molecule has 0 aliphatic heterocycles. The van der Waals surface area contributed by atoms with Crippen LogP contribution >= 0.6 is 11.9 Å². The molecule has 1 nitrogen and oxygen atoms in total. The van der Waals surface area contributed by atoms with Gasteiger partial charge in [-0.3, -0.25) is 0 Å². The van der Waals surface area contributed by atoms with Crippen molar-refractivity contribution in [2.45, 2.75) is 11.8 Å². The molecule has 0 spiro atoms. The Balaban J connectivity index is 1.95. The van der Waals surface area contributed by atoms with E-state index in [1.807, 2.05) is 36.4 Å². The molecular weight excluding hydrogens is 286 g/mol. The molecule has 0 bridgehead atoms. The zero-order chi connectivity index (χ0) is 15.2. The van der Waals surface area contributed by atoms with Crippen LogP contribution in [0.25, 0.3) is 0 Å². The van der Waals surface area contributed by atoms with Crippen LogP contribution in [-0.4, -0.2) is 5.71 Å². The van der Waals surface area contributed by atoms with E-state index in [4.69, 9.17) is 4.40 Å². The maximum absolute atomic E-state index is 4.80. The summed E-state index contributed by atoms with van der Waals surface area (Å²) in [6.07, 6.45) is 0. The summed E-state index contributed by atoms with van der Waals surface area (Å²) in [5.41, 5.74) is 4.54. The van der Waals surface area contributed by atoms with Crippen molar-refractivity contribution in [3.8, 4) is 0 Å². The molecule has 0 N–H and O–H groups in total. The van der Waals surface area contributed by atoms with Gasteiger partial charge >= 0.3 is 0 Å². The Morgan fingerprint density at radius 1 is 0.682 bits per heavy atom. The van der Waals surface area contributed by atoms with Crippen LogP contribution in [0, 0.1) is 6.92 Å². The van der Waals surface area contributed by atoms with Crippen molar-refractivity contribution < 1.29 is 0 Å². The normalized spacial score (nSPS) is 10.2. The van der Waals surface area contributed by atoms with Crippen LogP contribution in [0.3, 0.4) is 0 Å². The third-order valence-corrected chi connectivity index (χ3v) is 4.11. The molecule has 0 aromatic heterocycles. The van der Waals surface area contributed by atoms with E-state index in [1.54, 1.807) is 0 Å². The third kappa shape index (κ3) is 3.66. The summed E-state index contributed by atoms with van der Waals surface area (Å²) in [5.74, 6) is 0. The van der Waals surface area contributed by atoms with E-state index >= 15 is 0 Å². The highest BCUT2D eigenvalue weighted by atomic mass is 32.2. The number of benzene rings is 3. The second-order valence-corrected chi connectivity index (χ2v) is 5.91. The summed E-state index contributed by atoms with van der Waals surface area (Å²) in [7, 11) is 0. The molecular formula is C20H17NS. The lowest BCUT2D eigenvalue weighted by Gasteiger charge is -2.07. The molecule has 3 aromatic carbocycles. The summed E-state index contributed by atoms with van der Waals surface area (Å²) in [4.78, 5) is 1.15. The molecule has 3 rings (SSSR count). The summed E-state index contributed by atoms with van der Waals surface area (Å²) >= 11 is 1.51. The minimum Gasteiger partial charge on any atom is -0.210 e. The first kappa shape index (κ1) is 14.6. The number of hydrogen-bond acceptors (Lipinski definition) is 2. The number of rotatable bonds is 4. The van der Waals surface area contributed by atoms with Gasteiger partial charge in [0.2, 0.25) is 0 Å². The van der Waals surface area contributed by atoms with Gasteiger partial charge in [-0.25, -0.2) is 4.40 Å². The fourth-order valence-corrected chi connectivity index (χ4v) is 2.83. The number of aryl methyl sites for hydroxylation is 1. The lowest BCUT2D eigenvalue weighted by Crippen LogP contribution is -2.01. The second kappa shape index (κ2) is 7.10. The Morgan fingerprint density at radius 2 is 1.18 bits per heavy atom. The fraction of sp³-hybridized carbons (Fsp3) is 0.0500. The standard InChI is InChI=1S/C20H17NS/c1-16-12-14-19(15-13-16)22-21-20(17-8-4-2-5-9-17)18-10-6-3-7-11-18/h2-15H,1H3. The van der Waals surface area contributed by atoms with Gasteiger partial charge in [-0.05, 0) is 19.1 Å². The quantitative estimate of drug-likeness (QED) is 0.455. The zero-order valence-electron chi connectivity index (χ0n) is 12.4. The highest BCUT2D eigenvalue weighted by Crippen LogP contribution is 2.22. The number of hydrogen-bond donors (Lipinski definition) is 0. The maximum Gasteiger partial charge on any atom is 0.0861 e. The second-order valence-electron chi connectivity index (χ2n) is 5.08. The molecule has 0 unspecified atom stereocenters. The first-order valence-electron chi connectivity index (χ1n) is 7.25. The lowest BCUT2D eigenvalue weighted by molar-refractivity contribution is 1.38. The van der Waals surface area contributed by atoms with Gasteiger partial charge in [-0.2, -0.15) is 0 Å². The molecule has 0 saturated heterocycles. The van der Waals surface area contributed by atoms with Crippen LogP contribution in [-0.2, 0) is 0 Å². The molecule has 0 aliphatic rings. The Kier molecular flexibility index (Phi) is 4.71. The Labute approximate surface area is 135 Å². The molecule has 0 aliphatic carbocycles. The van der Waals surface area contributed by atoms with Crippen molar-refractivity contribution in [1.82, 2.24) is 0 Å². The van der Waals surface area contributed by atoms with Gasteiger partial charge in [0.25, 0.3) is 0 Å². The van der Waals surface area contributed by atoms with Crippen LogP contribution in [0.1, 0.15) is 16.7 Å². The van der Waals surface area contributed by atoms with Gasteiger partial charge in [0, 0.05) is 28.0 Å². The zero-order valence-corrected chi connectivity index (χ0v) is 13.3. The average Bonchev–Trinajstić information content (AvgIpc) is 2.59. The molecule has 0 saturated carbocycles. The van der Waals surface area contributed by atoms with E-state index < -0.39 is 0 Å². The Hall–Kier alpha value is -2.32. The van der Waals surface area contributed by atoms with Crippen LogP contribution < -0.4 is 0 Å². The summed E-state index contributed by atoms with van der Waals surface area (Å²) < 4.78 is 4.80. The van der Waals surface area contributed by atoms with E-state index in [1.165, 1.54) is 17.5 Å². The van der Waals surface area contributed by atoms with Crippen LogP contribution in [0.5, 0.6) is 0 Å². The summed E-state index contributed by atoms with van der Waals surface area (Å²) in [6, 6.07) is 29.1. The predicted molar refractivity (Wildman–Crippen MR) is 95.6 cm³/mol. The van der Waals surface area contributed by atoms with Crippen molar-refractivity contribution in [3.05, 3.63) is 102 Å². The fourth-order valence-electron chi connectivity index (χ4n) is 2.16. The minimum atomic E-state index is 1.01. The van der Waals surface area contributed by atoms with E-state index in [0.717, 1.165) is 21.7 Å². The Bertz CT molecular complexity index is 705. The summed E-state index contributed by atoms with van der Waals surface area (Å²) in [6.45, 7) is 2.09. The average molecular weight is 303 g/mol. The molecule has 22 heavy (non-hydrogen) atoms. The smallest absolute Gasteiger partial charge is 0.0861 e. The lowest BCUT2D eigenvalue weighted by atomic mass is 10.0. The highest BCUT2D eigenvalue weighted by Gasteiger charge is 2.06. The van der Waals surface area contributed by atoms with Crippen molar-refractivity contribution in [2.75, 3.05) is 0 Å².